The molecule has 0 spiro atoms. The van der Waals surface area contributed by atoms with Gasteiger partial charge in [0.1, 0.15) is 0 Å². The second kappa shape index (κ2) is 3.87. The van der Waals surface area contributed by atoms with E-state index in [0.29, 0.717) is 0 Å². The van der Waals surface area contributed by atoms with Crippen molar-refractivity contribution in [1.29, 1.82) is 0 Å². The predicted molar refractivity (Wildman–Crippen MR) is 38.5 cm³/mol. The van der Waals surface area contributed by atoms with Gasteiger partial charge in [-0.2, -0.15) is 0 Å². The Morgan fingerprint density at radius 2 is 2.43 bits per heavy atom. The zero-order valence-corrected chi connectivity index (χ0v) is 7.07. The Bertz CT molecular complexity index is 82.2. The standard InChI is InChI=1S/C6H12Si/c1-3-4-5-6(2)7/h3-4H,2,5H2,1,7H3/b4-3+. The predicted octanol–water partition coefficient (Wildman–Crippen LogP) is 0.832. The highest BCUT2D eigenvalue weighted by Crippen LogP contribution is 1.90. The molecule has 0 bridgehead atoms. The summed E-state index contributed by atoms with van der Waals surface area (Å²) in [7, 11) is 1.14. The van der Waals surface area contributed by atoms with Crippen LogP contribution in [0.4, 0.5) is 0 Å². The van der Waals surface area contributed by atoms with Crippen molar-refractivity contribution in [2.45, 2.75) is 13.3 Å². The molecule has 0 aliphatic heterocycles. The summed E-state index contributed by atoms with van der Waals surface area (Å²) < 4.78 is 0. The molecule has 40 valence electrons. The molecule has 0 saturated carbocycles. The minimum Gasteiger partial charge on any atom is -0.104 e. The molecule has 0 heterocycles. The third-order valence-electron chi connectivity index (χ3n) is 0.702. The van der Waals surface area contributed by atoms with E-state index in [0.717, 1.165) is 16.7 Å². The molecule has 0 saturated heterocycles. The van der Waals surface area contributed by atoms with Gasteiger partial charge in [-0.25, -0.2) is 0 Å². The highest BCUT2D eigenvalue weighted by molar-refractivity contribution is 6.21. The second-order valence-corrected chi connectivity index (χ2v) is 3.14. The maximum atomic E-state index is 3.80. The highest BCUT2D eigenvalue weighted by Gasteiger charge is 1.73. The van der Waals surface area contributed by atoms with E-state index in [2.05, 4.69) is 18.7 Å². The lowest BCUT2D eigenvalue weighted by atomic mass is 10.4. The summed E-state index contributed by atoms with van der Waals surface area (Å²) in [6.07, 6.45) is 5.28. The minimum absolute atomic E-state index is 1.09. The maximum Gasteiger partial charge on any atom is 0.0329 e. The Morgan fingerprint density at radius 1 is 1.86 bits per heavy atom. The third kappa shape index (κ3) is 5.70. The number of hydrogen-bond acceptors (Lipinski definition) is 0. The molecule has 1 heteroatoms. The number of allylic oxidation sites excluding steroid dienone is 3. The van der Waals surface area contributed by atoms with E-state index in [9.17, 15) is 0 Å². The molecule has 0 unspecified atom stereocenters. The van der Waals surface area contributed by atoms with Gasteiger partial charge in [-0.3, -0.25) is 0 Å². The van der Waals surface area contributed by atoms with Crippen LogP contribution in [0.2, 0.25) is 0 Å². The van der Waals surface area contributed by atoms with Gasteiger partial charge in [-0.15, -0.1) is 6.58 Å². The number of rotatable bonds is 2. The molecule has 0 N–H and O–H groups in total. The Labute approximate surface area is 48.4 Å². The summed E-state index contributed by atoms with van der Waals surface area (Å²) in [6, 6.07) is 0. The molecule has 0 aromatic carbocycles. The van der Waals surface area contributed by atoms with Crippen molar-refractivity contribution in [2.75, 3.05) is 0 Å². The van der Waals surface area contributed by atoms with Gasteiger partial charge >= 0.3 is 0 Å². The molecule has 0 aliphatic carbocycles. The minimum atomic E-state index is 1.09. The van der Waals surface area contributed by atoms with Crippen LogP contribution in [0.3, 0.4) is 0 Å². The van der Waals surface area contributed by atoms with Gasteiger partial charge in [0, 0.05) is 10.2 Å². The van der Waals surface area contributed by atoms with Crippen LogP contribution < -0.4 is 0 Å². The fourth-order valence-electron chi connectivity index (χ4n) is 0.319. The molecule has 0 aliphatic rings. The van der Waals surface area contributed by atoms with Crippen molar-refractivity contribution in [3.63, 3.8) is 0 Å². The van der Waals surface area contributed by atoms with E-state index >= 15 is 0 Å². The van der Waals surface area contributed by atoms with Crippen LogP contribution >= 0.6 is 0 Å². The molecule has 0 radical (unpaired) electrons. The first-order chi connectivity index (χ1) is 3.27. The van der Waals surface area contributed by atoms with E-state index in [1.165, 1.54) is 5.20 Å². The number of hydrogen-bond donors (Lipinski definition) is 0. The summed E-state index contributed by atoms with van der Waals surface area (Å²) >= 11 is 0. The van der Waals surface area contributed by atoms with Crippen LogP contribution in [0, 0.1) is 0 Å². The van der Waals surface area contributed by atoms with Gasteiger partial charge in [0.05, 0.1) is 0 Å². The van der Waals surface area contributed by atoms with E-state index < -0.39 is 0 Å². The first-order valence-electron chi connectivity index (χ1n) is 2.53. The molecular weight excluding hydrogens is 100 g/mol. The molecule has 0 aromatic rings. The fourth-order valence-corrected chi connectivity index (χ4v) is 0.555. The monoisotopic (exact) mass is 112 g/mol. The lowest BCUT2D eigenvalue weighted by molar-refractivity contribution is 1.35. The van der Waals surface area contributed by atoms with Crippen molar-refractivity contribution >= 4 is 10.2 Å². The van der Waals surface area contributed by atoms with Gasteiger partial charge in [-0.1, -0.05) is 17.3 Å². The zero-order chi connectivity index (χ0) is 5.70. The first-order valence-corrected chi connectivity index (χ1v) is 3.53. The van der Waals surface area contributed by atoms with E-state index in [1.54, 1.807) is 0 Å². The Balaban J connectivity index is 3.14. The normalized spacial score (nSPS) is 10.4. The molecular formula is C6H12Si. The van der Waals surface area contributed by atoms with E-state index in [-0.39, 0.29) is 0 Å². The van der Waals surface area contributed by atoms with Crippen LogP contribution in [0.15, 0.2) is 23.9 Å². The zero-order valence-electron chi connectivity index (χ0n) is 5.07. The van der Waals surface area contributed by atoms with Crippen LogP contribution in [0.5, 0.6) is 0 Å². The van der Waals surface area contributed by atoms with Gasteiger partial charge in [0.15, 0.2) is 0 Å². The Kier molecular flexibility index (Phi) is 3.70. The first kappa shape index (κ1) is 6.70. The lowest BCUT2D eigenvalue weighted by Gasteiger charge is -1.84. The summed E-state index contributed by atoms with van der Waals surface area (Å²) in [5.74, 6) is 0. The summed E-state index contributed by atoms with van der Waals surface area (Å²) in [6.45, 7) is 5.84. The van der Waals surface area contributed by atoms with E-state index in [4.69, 9.17) is 0 Å². The Hall–Kier alpha value is -0.303. The molecule has 0 amide bonds. The summed E-state index contributed by atoms with van der Waals surface area (Å²) in [5, 5.41) is 1.36. The van der Waals surface area contributed by atoms with Gasteiger partial charge in [0.25, 0.3) is 0 Å². The lowest BCUT2D eigenvalue weighted by Crippen LogP contribution is -1.71. The van der Waals surface area contributed by atoms with Crippen LogP contribution in [0.25, 0.3) is 0 Å². The van der Waals surface area contributed by atoms with Crippen molar-refractivity contribution in [1.82, 2.24) is 0 Å². The van der Waals surface area contributed by atoms with Gasteiger partial charge in [0.2, 0.25) is 0 Å². The SMILES string of the molecule is C=C([SiH3])C/C=C/C. The van der Waals surface area contributed by atoms with Crippen LogP contribution in [0.1, 0.15) is 13.3 Å². The maximum absolute atomic E-state index is 3.80. The van der Waals surface area contributed by atoms with Crippen molar-refractivity contribution in [2.24, 2.45) is 0 Å². The van der Waals surface area contributed by atoms with Gasteiger partial charge in [-0.05, 0) is 13.3 Å². The quantitative estimate of drug-likeness (QED) is 0.367. The molecule has 0 atom stereocenters. The van der Waals surface area contributed by atoms with Gasteiger partial charge < -0.3 is 0 Å². The summed E-state index contributed by atoms with van der Waals surface area (Å²) in [5.41, 5.74) is 0. The second-order valence-electron chi connectivity index (χ2n) is 1.73. The average molecular weight is 112 g/mol. The molecule has 0 aromatic heterocycles. The average Bonchev–Trinajstić information content (AvgIpc) is 1.61. The van der Waals surface area contributed by atoms with Crippen LogP contribution in [-0.4, -0.2) is 10.2 Å². The smallest absolute Gasteiger partial charge is 0.0329 e. The molecule has 0 nitrogen and oxygen atoms in total. The van der Waals surface area contributed by atoms with Crippen molar-refractivity contribution in [3.05, 3.63) is 23.9 Å². The van der Waals surface area contributed by atoms with Crippen molar-refractivity contribution < 1.29 is 0 Å². The van der Waals surface area contributed by atoms with E-state index in [1.807, 2.05) is 6.92 Å². The molecule has 7 heavy (non-hydrogen) atoms. The Morgan fingerprint density at radius 3 is 2.57 bits per heavy atom. The fraction of sp³-hybridized carbons (Fsp3) is 0.333. The summed E-state index contributed by atoms with van der Waals surface area (Å²) in [4.78, 5) is 0. The molecule has 0 rings (SSSR count). The highest BCUT2D eigenvalue weighted by atomic mass is 28.1. The van der Waals surface area contributed by atoms with Crippen LogP contribution in [-0.2, 0) is 0 Å². The molecule has 0 fully saturated rings. The topological polar surface area (TPSA) is 0 Å². The van der Waals surface area contributed by atoms with Crippen molar-refractivity contribution in [3.8, 4) is 0 Å². The largest absolute Gasteiger partial charge is 0.104 e. The third-order valence-corrected chi connectivity index (χ3v) is 1.11.